The zero-order valence-electron chi connectivity index (χ0n) is 8.41. The average Bonchev–Trinajstić information content (AvgIpc) is 2.19. The van der Waals surface area contributed by atoms with E-state index < -0.39 is 11.6 Å². The van der Waals surface area contributed by atoms with Crippen molar-refractivity contribution in [3.63, 3.8) is 0 Å². The molecule has 0 aromatic heterocycles. The molecule has 1 aromatic carbocycles. The van der Waals surface area contributed by atoms with Gasteiger partial charge in [-0.05, 0) is 25.1 Å². The molecule has 0 heterocycles. The Kier molecular flexibility index (Phi) is 4.18. The maximum absolute atomic E-state index is 10.6. The Bertz CT molecular complexity index is 406. The number of rotatable bonds is 4. The van der Waals surface area contributed by atoms with Gasteiger partial charge in [-0.2, -0.15) is 0 Å². The summed E-state index contributed by atoms with van der Waals surface area (Å²) in [6, 6.07) is 4.93. The fourth-order valence-electron chi connectivity index (χ4n) is 0.868. The van der Waals surface area contributed by atoms with Gasteiger partial charge in [-0.25, -0.2) is 4.79 Å². The molecule has 0 aliphatic rings. The summed E-state index contributed by atoms with van der Waals surface area (Å²) in [6.45, 7) is 0.778. The lowest BCUT2D eigenvalue weighted by Gasteiger charge is -2.18. The molecule has 1 atom stereocenters. The molecule has 88 valence electrons. The van der Waals surface area contributed by atoms with Crippen LogP contribution in [-0.2, 0) is 4.79 Å². The van der Waals surface area contributed by atoms with E-state index in [1.807, 2.05) is 0 Å². The fraction of sp³-hybridized carbons (Fsp3) is 0.300. The van der Waals surface area contributed by atoms with Crippen molar-refractivity contribution in [1.29, 1.82) is 0 Å². The number of ether oxygens (including phenoxy) is 1. The van der Waals surface area contributed by atoms with E-state index in [0.29, 0.717) is 10.8 Å². The molecule has 0 fully saturated rings. The van der Waals surface area contributed by atoms with Gasteiger partial charge in [0.2, 0.25) is 0 Å². The molecule has 0 aliphatic carbocycles. The van der Waals surface area contributed by atoms with E-state index in [2.05, 4.69) is 15.9 Å². The monoisotopic (exact) mass is 308 g/mol. The predicted molar refractivity (Wildman–Crippen MR) is 62.9 cm³/mol. The molecule has 0 bridgehead atoms. The first-order chi connectivity index (χ1) is 7.33. The van der Waals surface area contributed by atoms with Crippen molar-refractivity contribution in [2.24, 2.45) is 0 Å². The van der Waals surface area contributed by atoms with E-state index in [1.165, 1.54) is 0 Å². The van der Waals surface area contributed by atoms with Gasteiger partial charge in [0, 0.05) is 4.47 Å². The third-order valence-electron chi connectivity index (χ3n) is 1.86. The Morgan fingerprint density at radius 1 is 1.62 bits per heavy atom. The second-order valence-corrected chi connectivity index (χ2v) is 4.77. The summed E-state index contributed by atoms with van der Waals surface area (Å²) >= 11 is 9.06. The van der Waals surface area contributed by atoms with Crippen molar-refractivity contribution >= 4 is 33.5 Å². The summed E-state index contributed by atoms with van der Waals surface area (Å²) < 4.78 is 5.90. The van der Waals surface area contributed by atoms with Gasteiger partial charge in [0.15, 0.2) is 5.60 Å². The Morgan fingerprint density at radius 3 is 2.81 bits per heavy atom. The number of aliphatic hydroxyl groups is 1. The minimum atomic E-state index is -1.94. The highest BCUT2D eigenvalue weighted by Gasteiger charge is 2.31. The molecule has 0 saturated carbocycles. The lowest BCUT2D eigenvalue weighted by molar-refractivity contribution is -0.159. The molecule has 0 aliphatic heterocycles. The summed E-state index contributed by atoms with van der Waals surface area (Å²) in [7, 11) is 0. The minimum absolute atomic E-state index is 0.317. The van der Waals surface area contributed by atoms with Gasteiger partial charge in [0.05, 0.1) is 5.02 Å². The van der Waals surface area contributed by atoms with Gasteiger partial charge in [-0.15, -0.1) is 0 Å². The van der Waals surface area contributed by atoms with E-state index in [0.717, 1.165) is 11.4 Å². The zero-order chi connectivity index (χ0) is 12.3. The number of carbonyl (C=O) groups is 1. The lowest BCUT2D eigenvalue weighted by atomic mass is 10.1. The van der Waals surface area contributed by atoms with E-state index in [4.69, 9.17) is 21.4 Å². The molecule has 0 amide bonds. The van der Waals surface area contributed by atoms with Crippen LogP contribution in [0.4, 0.5) is 0 Å². The van der Waals surface area contributed by atoms with Crippen LogP contribution in [0.3, 0.4) is 0 Å². The summed E-state index contributed by atoms with van der Waals surface area (Å²) in [5, 5.41) is 18.5. The maximum atomic E-state index is 10.6. The van der Waals surface area contributed by atoms with E-state index in [-0.39, 0.29) is 6.61 Å². The number of hydrogen-bond acceptors (Lipinski definition) is 3. The van der Waals surface area contributed by atoms with Gasteiger partial charge >= 0.3 is 5.97 Å². The largest absolute Gasteiger partial charge is 0.488 e. The molecular formula is C10H10BrClO4. The van der Waals surface area contributed by atoms with E-state index in [1.54, 1.807) is 18.2 Å². The summed E-state index contributed by atoms with van der Waals surface area (Å²) in [5.41, 5.74) is -1.94. The summed E-state index contributed by atoms with van der Waals surface area (Å²) in [5.74, 6) is -1.03. The first-order valence-corrected chi connectivity index (χ1v) is 5.53. The smallest absolute Gasteiger partial charge is 0.339 e. The van der Waals surface area contributed by atoms with E-state index in [9.17, 15) is 9.90 Å². The molecule has 6 heteroatoms. The quantitative estimate of drug-likeness (QED) is 0.896. The van der Waals surface area contributed by atoms with Crippen molar-refractivity contribution in [1.82, 2.24) is 0 Å². The third kappa shape index (κ3) is 3.37. The van der Waals surface area contributed by atoms with Crippen molar-refractivity contribution in [2.45, 2.75) is 12.5 Å². The molecule has 16 heavy (non-hydrogen) atoms. The van der Waals surface area contributed by atoms with Crippen LogP contribution in [0.5, 0.6) is 5.75 Å². The number of carboxylic acid groups (broad SMARTS) is 1. The van der Waals surface area contributed by atoms with Crippen LogP contribution in [0.2, 0.25) is 5.02 Å². The van der Waals surface area contributed by atoms with Gasteiger partial charge in [-0.1, -0.05) is 27.5 Å². The molecule has 1 rings (SSSR count). The minimum Gasteiger partial charge on any atom is -0.488 e. The third-order valence-corrected chi connectivity index (χ3v) is 2.67. The highest BCUT2D eigenvalue weighted by molar-refractivity contribution is 9.10. The second kappa shape index (κ2) is 5.03. The topological polar surface area (TPSA) is 66.8 Å². The Morgan fingerprint density at radius 2 is 2.25 bits per heavy atom. The molecular weight excluding hydrogens is 299 g/mol. The first-order valence-electron chi connectivity index (χ1n) is 4.36. The summed E-state index contributed by atoms with van der Waals surface area (Å²) in [4.78, 5) is 10.6. The molecule has 0 spiro atoms. The molecule has 1 aromatic rings. The van der Waals surface area contributed by atoms with Crippen LogP contribution in [0.1, 0.15) is 6.92 Å². The predicted octanol–water partition coefficient (Wildman–Crippen LogP) is 2.32. The van der Waals surface area contributed by atoms with Gasteiger partial charge in [-0.3, -0.25) is 0 Å². The van der Waals surface area contributed by atoms with Crippen LogP contribution >= 0.6 is 27.5 Å². The van der Waals surface area contributed by atoms with Crippen molar-refractivity contribution in [2.75, 3.05) is 6.61 Å². The Balaban J connectivity index is 2.75. The maximum Gasteiger partial charge on any atom is 0.339 e. The first kappa shape index (κ1) is 13.3. The molecule has 2 N–H and O–H groups in total. The highest BCUT2D eigenvalue weighted by atomic mass is 79.9. The van der Waals surface area contributed by atoms with Crippen molar-refractivity contribution in [3.8, 4) is 5.75 Å². The lowest BCUT2D eigenvalue weighted by Crippen LogP contribution is -2.41. The van der Waals surface area contributed by atoms with Gasteiger partial charge < -0.3 is 14.9 Å². The zero-order valence-corrected chi connectivity index (χ0v) is 10.7. The number of aliphatic carboxylic acids is 1. The number of benzene rings is 1. The van der Waals surface area contributed by atoms with Gasteiger partial charge in [0.25, 0.3) is 0 Å². The molecule has 0 saturated heterocycles. The van der Waals surface area contributed by atoms with E-state index >= 15 is 0 Å². The molecule has 1 unspecified atom stereocenters. The van der Waals surface area contributed by atoms with Crippen molar-refractivity contribution in [3.05, 3.63) is 27.7 Å². The Hall–Kier alpha value is -0.780. The number of hydrogen-bond donors (Lipinski definition) is 2. The number of halogens is 2. The standard InChI is InChI=1S/C10H10BrClO4/c1-10(15,9(13)14)5-16-8-4-6(11)2-3-7(8)12/h2-4,15H,5H2,1H3,(H,13,14). The van der Waals surface area contributed by atoms with Crippen LogP contribution in [0.25, 0.3) is 0 Å². The van der Waals surface area contributed by atoms with Crippen LogP contribution in [0, 0.1) is 0 Å². The SMILES string of the molecule is CC(O)(COc1cc(Br)ccc1Cl)C(=O)O. The van der Waals surface area contributed by atoms with Gasteiger partial charge in [0.1, 0.15) is 12.4 Å². The van der Waals surface area contributed by atoms with Crippen LogP contribution in [0.15, 0.2) is 22.7 Å². The molecule has 4 nitrogen and oxygen atoms in total. The Labute approximate surface area is 106 Å². The van der Waals surface area contributed by atoms with Crippen LogP contribution in [-0.4, -0.2) is 28.4 Å². The second-order valence-electron chi connectivity index (χ2n) is 3.44. The van der Waals surface area contributed by atoms with Crippen LogP contribution < -0.4 is 4.74 Å². The summed E-state index contributed by atoms with van der Waals surface area (Å²) in [6.07, 6.45) is 0. The molecule has 0 radical (unpaired) electrons. The normalized spacial score (nSPS) is 14.2. The average molecular weight is 310 g/mol. The highest BCUT2D eigenvalue weighted by Crippen LogP contribution is 2.28. The number of carboxylic acids is 1. The fourth-order valence-corrected chi connectivity index (χ4v) is 1.38. The van der Waals surface area contributed by atoms with Crippen molar-refractivity contribution < 1.29 is 19.7 Å².